The molecule has 0 atom stereocenters. The Morgan fingerprint density at radius 2 is 2.07 bits per heavy atom. The van der Waals surface area contributed by atoms with Gasteiger partial charge >= 0.3 is 5.97 Å². The number of carbonyl (C=O) groups is 1. The average Bonchev–Trinajstić information content (AvgIpc) is 2.27. The minimum atomic E-state index is -3.42. The molecule has 0 aromatic carbocycles. The number of rotatable bonds is 2. The number of halogens is 2. The Labute approximate surface area is 94.5 Å². The molecule has 0 saturated carbocycles. The first kappa shape index (κ1) is 12.0. The molecule has 0 aliphatic carbocycles. The van der Waals surface area contributed by atoms with Crippen molar-refractivity contribution in [2.45, 2.75) is 4.21 Å². The van der Waals surface area contributed by atoms with Crippen molar-refractivity contribution in [3.8, 4) is 0 Å². The van der Waals surface area contributed by atoms with Crippen LogP contribution in [0.4, 0.5) is 0 Å². The second-order valence-electron chi connectivity index (χ2n) is 3.24. The van der Waals surface area contributed by atoms with Gasteiger partial charge in [0.2, 0.25) is 0 Å². The van der Waals surface area contributed by atoms with E-state index in [-0.39, 0.29) is 9.90 Å². The standard InChI is InChI=1S/C7H8Cl2O3S2/c1-14(2,9,12)5-3-4(7(10)11)6(8)13-5/h3H,1-2H3,(H,10,11). The molecule has 0 spiro atoms. The fourth-order valence-corrected chi connectivity index (χ4v) is 3.95. The second kappa shape index (κ2) is 3.20. The Balaban J connectivity index is 3.37. The molecule has 1 heterocycles. The summed E-state index contributed by atoms with van der Waals surface area (Å²) in [4.78, 5) is 10.7. The van der Waals surface area contributed by atoms with Crippen molar-refractivity contribution in [3.63, 3.8) is 0 Å². The van der Waals surface area contributed by atoms with E-state index in [4.69, 9.17) is 27.4 Å². The molecule has 0 fully saturated rings. The Morgan fingerprint density at radius 1 is 1.57 bits per heavy atom. The Hall–Kier alpha value is -0.100. The molecule has 1 aromatic rings. The van der Waals surface area contributed by atoms with Gasteiger partial charge in [0, 0.05) is 20.8 Å². The summed E-state index contributed by atoms with van der Waals surface area (Å²) in [7, 11) is 2.40. The number of aromatic carboxylic acids is 1. The van der Waals surface area contributed by atoms with Gasteiger partial charge in [-0.1, -0.05) is 11.6 Å². The van der Waals surface area contributed by atoms with Crippen LogP contribution < -0.4 is 0 Å². The highest BCUT2D eigenvalue weighted by Gasteiger charge is 2.29. The van der Waals surface area contributed by atoms with Gasteiger partial charge in [0.25, 0.3) is 0 Å². The van der Waals surface area contributed by atoms with Crippen LogP contribution in [0.1, 0.15) is 10.4 Å². The maximum Gasteiger partial charge on any atom is 0.338 e. The van der Waals surface area contributed by atoms with Crippen molar-refractivity contribution >= 4 is 47.9 Å². The van der Waals surface area contributed by atoms with Gasteiger partial charge in [0.05, 0.1) is 9.77 Å². The summed E-state index contributed by atoms with van der Waals surface area (Å²) < 4.78 is 12.3. The first-order valence-electron chi connectivity index (χ1n) is 3.44. The molecule has 0 bridgehead atoms. The molecule has 1 rings (SSSR count). The van der Waals surface area contributed by atoms with Crippen LogP contribution in [0.15, 0.2) is 10.3 Å². The number of carboxylic acids is 1. The van der Waals surface area contributed by atoms with E-state index in [9.17, 15) is 9.00 Å². The summed E-state index contributed by atoms with van der Waals surface area (Å²) in [5.41, 5.74) is -0.0603. The molecule has 0 aliphatic rings. The zero-order valence-corrected chi connectivity index (χ0v) is 10.6. The monoisotopic (exact) mass is 274 g/mol. The molecule has 3 nitrogen and oxygen atoms in total. The molecular formula is C7H8Cl2O3S2. The number of hydrogen-bond acceptors (Lipinski definition) is 3. The van der Waals surface area contributed by atoms with E-state index in [1.165, 1.54) is 18.6 Å². The van der Waals surface area contributed by atoms with E-state index < -0.39 is 14.2 Å². The van der Waals surface area contributed by atoms with Gasteiger partial charge in [-0.25, -0.2) is 4.79 Å². The Kier molecular flexibility index (Phi) is 2.73. The minimum absolute atomic E-state index is 0.0603. The molecule has 0 amide bonds. The molecule has 0 radical (unpaired) electrons. The molecule has 1 aromatic heterocycles. The summed E-state index contributed by atoms with van der Waals surface area (Å²) >= 11 is 6.60. The first-order chi connectivity index (χ1) is 6.08. The van der Waals surface area contributed by atoms with Crippen LogP contribution in [0, 0.1) is 0 Å². The van der Waals surface area contributed by atoms with E-state index in [1.807, 2.05) is 0 Å². The molecule has 7 heteroatoms. The highest BCUT2D eigenvalue weighted by atomic mass is 35.7. The average molecular weight is 275 g/mol. The van der Waals surface area contributed by atoms with Crippen LogP contribution in [-0.2, 0) is 8.28 Å². The van der Waals surface area contributed by atoms with Crippen LogP contribution in [0.2, 0.25) is 4.34 Å². The summed E-state index contributed by atoms with van der Waals surface area (Å²) in [5.74, 6) is -1.15. The molecule has 14 heavy (non-hydrogen) atoms. The van der Waals surface area contributed by atoms with Crippen LogP contribution >= 0.6 is 33.6 Å². The van der Waals surface area contributed by atoms with Crippen LogP contribution in [-0.4, -0.2) is 27.8 Å². The quantitative estimate of drug-likeness (QED) is 0.844. The lowest BCUT2D eigenvalue weighted by Crippen LogP contribution is -2.19. The van der Waals surface area contributed by atoms with Crippen LogP contribution in [0.5, 0.6) is 0 Å². The van der Waals surface area contributed by atoms with Gasteiger partial charge in [-0.05, 0) is 16.7 Å². The van der Waals surface area contributed by atoms with E-state index in [0.717, 1.165) is 11.3 Å². The molecule has 0 saturated heterocycles. The van der Waals surface area contributed by atoms with E-state index in [0.29, 0.717) is 4.21 Å². The van der Waals surface area contributed by atoms with Crippen molar-refractivity contribution in [2.24, 2.45) is 0 Å². The van der Waals surface area contributed by atoms with Crippen LogP contribution in [0.25, 0.3) is 0 Å². The molecule has 1 N–H and O–H groups in total. The number of hydrogen-bond donors (Lipinski definition) is 1. The van der Waals surface area contributed by atoms with Gasteiger partial charge in [-0.3, -0.25) is 4.21 Å². The zero-order valence-electron chi connectivity index (χ0n) is 7.41. The Morgan fingerprint density at radius 3 is 2.29 bits per heavy atom. The predicted octanol–water partition coefficient (Wildman–Crippen LogP) is 2.69. The third-order valence-electron chi connectivity index (χ3n) is 1.46. The number of thiophene rings is 1. The van der Waals surface area contributed by atoms with Gasteiger partial charge in [0.15, 0.2) is 0 Å². The molecular weight excluding hydrogens is 267 g/mol. The summed E-state index contributed by atoms with van der Waals surface area (Å²) in [6.45, 7) is 0. The maximum absolute atomic E-state index is 11.9. The summed E-state index contributed by atoms with van der Waals surface area (Å²) in [6.07, 6.45) is 2.74. The van der Waals surface area contributed by atoms with Crippen molar-refractivity contribution in [1.29, 1.82) is 0 Å². The molecule has 0 aliphatic heterocycles. The highest BCUT2D eigenvalue weighted by Crippen LogP contribution is 2.42. The van der Waals surface area contributed by atoms with Crippen molar-refractivity contribution in [1.82, 2.24) is 0 Å². The molecule has 0 unspecified atom stereocenters. The normalized spacial score (nSPS) is 14.7. The third kappa shape index (κ3) is 2.48. The lowest BCUT2D eigenvalue weighted by atomic mass is 10.4. The molecule has 80 valence electrons. The SMILES string of the molecule is CS(C)(=O)(Cl)c1cc(C(=O)O)c(Cl)s1. The highest BCUT2D eigenvalue weighted by molar-refractivity contribution is 8.38. The lowest BCUT2D eigenvalue weighted by Gasteiger charge is -2.22. The fourth-order valence-electron chi connectivity index (χ4n) is 0.773. The fraction of sp³-hybridized carbons (Fsp3) is 0.286. The maximum atomic E-state index is 11.9. The van der Waals surface area contributed by atoms with Gasteiger partial charge in [0.1, 0.15) is 4.34 Å². The zero-order chi connectivity index (χ0) is 11.2. The minimum Gasteiger partial charge on any atom is -0.478 e. The van der Waals surface area contributed by atoms with Gasteiger partial charge in [-0.2, -0.15) is 0 Å². The Bertz CT molecular complexity index is 446. The smallest absolute Gasteiger partial charge is 0.338 e. The third-order valence-corrected chi connectivity index (χ3v) is 6.32. The van der Waals surface area contributed by atoms with Gasteiger partial charge < -0.3 is 5.11 Å². The van der Waals surface area contributed by atoms with Crippen molar-refractivity contribution < 1.29 is 14.1 Å². The van der Waals surface area contributed by atoms with Crippen molar-refractivity contribution in [2.75, 3.05) is 12.5 Å². The predicted molar refractivity (Wildman–Crippen MR) is 60.4 cm³/mol. The second-order valence-corrected chi connectivity index (χ2v) is 11.6. The summed E-state index contributed by atoms with van der Waals surface area (Å²) in [5, 5.41) is 8.72. The first-order valence-corrected chi connectivity index (χ1v) is 8.25. The lowest BCUT2D eigenvalue weighted by molar-refractivity contribution is 0.0697. The van der Waals surface area contributed by atoms with Crippen molar-refractivity contribution in [3.05, 3.63) is 16.0 Å². The topological polar surface area (TPSA) is 54.4 Å². The van der Waals surface area contributed by atoms with Crippen LogP contribution in [0.3, 0.4) is 0 Å². The van der Waals surface area contributed by atoms with E-state index in [2.05, 4.69) is 0 Å². The number of carboxylic acid groups (broad SMARTS) is 1. The summed E-state index contributed by atoms with van der Waals surface area (Å²) in [6, 6.07) is 1.26. The largest absolute Gasteiger partial charge is 0.478 e. The van der Waals surface area contributed by atoms with Gasteiger partial charge in [-0.15, -0.1) is 11.3 Å². The van der Waals surface area contributed by atoms with E-state index in [1.54, 1.807) is 0 Å². The van der Waals surface area contributed by atoms with E-state index >= 15 is 0 Å².